The molecule has 0 N–H and O–H groups in total. The SMILES string of the molecule is Cc1cnccc1C(=O)Cc1ncnn1C(C)C. The fourth-order valence-corrected chi connectivity index (χ4v) is 1.86. The lowest BCUT2D eigenvalue weighted by Gasteiger charge is -2.09. The average Bonchev–Trinajstić information content (AvgIpc) is 2.77. The number of rotatable bonds is 4. The Balaban J connectivity index is 2.22. The number of Topliss-reactive ketones (excluding diaryl/α,β-unsaturated/α-hetero) is 1. The third-order valence-corrected chi connectivity index (χ3v) is 2.78. The Bertz CT molecular complexity index is 560. The van der Waals surface area contributed by atoms with Crippen LogP contribution in [-0.4, -0.2) is 25.5 Å². The van der Waals surface area contributed by atoms with Crippen LogP contribution >= 0.6 is 0 Å². The predicted molar refractivity (Wildman–Crippen MR) is 67.4 cm³/mol. The molecule has 2 aromatic heterocycles. The van der Waals surface area contributed by atoms with Gasteiger partial charge in [-0.25, -0.2) is 9.67 Å². The summed E-state index contributed by atoms with van der Waals surface area (Å²) < 4.78 is 1.77. The second kappa shape index (κ2) is 5.08. The largest absolute Gasteiger partial charge is 0.294 e. The molecule has 0 spiro atoms. The molecule has 2 aromatic rings. The summed E-state index contributed by atoms with van der Waals surface area (Å²) in [4.78, 5) is 20.3. The molecule has 0 aromatic carbocycles. The smallest absolute Gasteiger partial charge is 0.170 e. The molecule has 0 aliphatic heterocycles. The Morgan fingerprint density at radius 2 is 2.22 bits per heavy atom. The van der Waals surface area contributed by atoms with Crippen molar-refractivity contribution in [1.29, 1.82) is 0 Å². The Morgan fingerprint density at radius 3 is 2.89 bits per heavy atom. The number of pyridine rings is 1. The molecule has 0 radical (unpaired) electrons. The summed E-state index contributed by atoms with van der Waals surface area (Å²) in [7, 11) is 0. The lowest BCUT2D eigenvalue weighted by molar-refractivity contribution is 0.0988. The summed E-state index contributed by atoms with van der Waals surface area (Å²) in [5.41, 5.74) is 1.58. The van der Waals surface area contributed by atoms with Gasteiger partial charge in [0.05, 0.1) is 6.42 Å². The van der Waals surface area contributed by atoms with Crippen molar-refractivity contribution in [3.05, 3.63) is 41.7 Å². The lowest BCUT2D eigenvalue weighted by Crippen LogP contribution is -2.14. The van der Waals surface area contributed by atoms with Crippen molar-refractivity contribution in [1.82, 2.24) is 19.7 Å². The highest BCUT2D eigenvalue weighted by atomic mass is 16.1. The van der Waals surface area contributed by atoms with E-state index in [2.05, 4.69) is 15.1 Å². The summed E-state index contributed by atoms with van der Waals surface area (Å²) in [6, 6.07) is 1.95. The Labute approximate surface area is 106 Å². The molecule has 0 fully saturated rings. The average molecular weight is 244 g/mol. The van der Waals surface area contributed by atoms with Crippen molar-refractivity contribution in [2.75, 3.05) is 0 Å². The minimum atomic E-state index is 0.0461. The quantitative estimate of drug-likeness (QED) is 0.772. The maximum Gasteiger partial charge on any atom is 0.170 e. The van der Waals surface area contributed by atoms with E-state index in [0.717, 1.165) is 5.56 Å². The summed E-state index contributed by atoms with van der Waals surface area (Å²) in [6.45, 7) is 5.91. The number of aryl methyl sites for hydroxylation is 1. The van der Waals surface area contributed by atoms with Crippen LogP contribution in [0, 0.1) is 6.92 Å². The van der Waals surface area contributed by atoms with Crippen molar-refractivity contribution in [3.63, 3.8) is 0 Å². The molecule has 0 saturated heterocycles. The predicted octanol–water partition coefficient (Wildman–Crippen LogP) is 1.99. The third kappa shape index (κ3) is 2.45. The topological polar surface area (TPSA) is 60.7 Å². The number of hydrogen-bond acceptors (Lipinski definition) is 4. The van der Waals surface area contributed by atoms with Gasteiger partial charge in [0, 0.05) is 24.0 Å². The van der Waals surface area contributed by atoms with Gasteiger partial charge in [-0.05, 0) is 32.4 Å². The first-order valence-electron chi connectivity index (χ1n) is 5.91. The minimum absolute atomic E-state index is 0.0461. The van der Waals surface area contributed by atoms with Crippen molar-refractivity contribution >= 4 is 5.78 Å². The van der Waals surface area contributed by atoms with Crippen LogP contribution in [0.3, 0.4) is 0 Å². The monoisotopic (exact) mass is 244 g/mol. The van der Waals surface area contributed by atoms with E-state index in [1.807, 2.05) is 20.8 Å². The third-order valence-electron chi connectivity index (χ3n) is 2.78. The van der Waals surface area contributed by atoms with Crippen LogP contribution in [0.2, 0.25) is 0 Å². The summed E-state index contributed by atoms with van der Waals surface area (Å²) in [6.07, 6.45) is 5.08. The highest BCUT2D eigenvalue weighted by molar-refractivity contribution is 5.98. The standard InChI is InChI=1S/C13H16N4O/c1-9(2)17-13(15-8-16-17)6-12(18)11-4-5-14-7-10(11)3/h4-5,7-9H,6H2,1-3H3. The highest BCUT2D eigenvalue weighted by Gasteiger charge is 2.15. The second-order valence-corrected chi connectivity index (χ2v) is 4.51. The molecule has 0 saturated carbocycles. The van der Waals surface area contributed by atoms with Crippen molar-refractivity contribution < 1.29 is 4.79 Å². The second-order valence-electron chi connectivity index (χ2n) is 4.51. The first kappa shape index (κ1) is 12.4. The van der Waals surface area contributed by atoms with E-state index < -0.39 is 0 Å². The molecule has 94 valence electrons. The first-order valence-corrected chi connectivity index (χ1v) is 5.91. The van der Waals surface area contributed by atoms with Crippen LogP contribution in [0.4, 0.5) is 0 Å². The van der Waals surface area contributed by atoms with Crippen molar-refractivity contribution in [3.8, 4) is 0 Å². The fraction of sp³-hybridized carbons (Fsp3) is 0.385. The summed E-state index contributed by atoms with van der Waals surface area (Å²) >= 11 is 0. The zero-order chi connectivity index (χ0) is 13.1. The highest BCUT2D eigenvalue weighted by Crippen LogP contribution is 2.11. The number of nitrogens with zero attached hydrogens (tertiary/aromatic N) is 4. The molecule has 0 atom stereocenters. The fourth-order valence-electron chi connectivity index (χ4n) is 1.86. The van der Waals surface area contributed by atoms with Gasteiger partial charge >= 0.3 is 0 Å². The number of ketones is 1. The molecular formula is C13H16N4O. The number of carbonyl (C=O) groups excluding carboxylic acids is 1. The zero-order valence-electron chi connectivity index (χ0n) is 10.8. The van der Waals surface area contributed by atoms with Gasteiger partial charge in [0.1, 0.15) is 12.2 Å². The Hall–Kier alpha value is -2.04. The molecule has 2 rings (SSSR count). The number of aromatic nitrogens is 4. The van der Waals surface area contributed by atoms with Gasteiger partial charge in [0.15, 0.2) is 5.78 Å². The summed E-state index contributed by atoms with van der Waals surface area (Å²) in [5.74, 6) is 0.746. The summed E-state index contributed by atoms with van der Waals surface area (Å²) in [5, 5.41) is 4.13. The molecule has 5 heteroatoms. The lowest BCUT2D eigenvalue weighted by atomic mass is 10.0. The van der Waals surface area contributed by atoms with Gasteiger partial charge in [-0.2, -0.15) is 5.10 Å². The molecule has 0 aliphatic rings. The van der Waals surface area contributed by atoms with Gasteiger partial charge < -0.3 is 0 Å². The minimum Gasteiger partial charge on any atom is -0.294 e. The van der Waals surface area contributed by atoms with Gasteiger partial charge in [0.25, 0.3) is 0 Å². The maximum atomic E-state index is 12.2. The Kier molecular flexibility index (Phi) is 3.50. The molecule has 2 heterocycles. The molecule has 0 aliphatic carbocycles. The molecule has 0 bridgehead atoms. The van der Waals surface area contributed by atoms with E-state index in [0.29, 0.717) is 11.4 Å². The molecule has 0 amide bonds. The molecule has 0 unspecified atom stereocenters. The van der Waals surface area contributed by atoms with Crippen molar-refractivity contribution in [2.24, 2.45) is 0 Å². The molecule has 5 nitrogen and oxygen atoms in total. The van der Waals surface area contributed by atoms with Crippen LogP contribution in [0.25, 0.3) is 0 Å². The molecule has 18 heavy (non-hydrogen) atoms. The maximum absolute atomic E-state index is 12.2. The Morgan fingerprint density at radius 1 is 1.44 bits per heavy atom. The normalized spacial score (nSPS) is 10.9. The zero-order valence-corrected chi connectivity index (χ0v) is 10.8. The van der Waals surface area contributed by atoms with E-state index in [-0.39, 0.29) is 18.2 Å². The van der Waals surface area contributed by atoms with E-state index >= 15 is 0 Å². The molecular weight excluding hydrogens is 228 g/mol. The van der Waals surface area contributed by atoms with E-state index in [1.54, 1.807) is 23.1 Å². The van der Waals surface area contributed by atoms with Crippen LogP contribution in [0.15, 0.2) is 24.8 Å². The van der Waals surface area contributed by atoms with Gasteiger partial charge in [-0.3, -0.25) is 9.78 Å². The first-order chi connectivity index (χ1) is 8.59. The number of hydrogen-bond donors (Lipinski definition) is 0. The van der Waals surface area contributed by atoms with E-state index in [9.17, 15) is 4.79 Å². The number of carbonyl (C=O) groups is 1. The van der Waals surface area contributed by atoms with E-state index in [4.69, 9.17) is 0 Å². The van der Waals surface area contributed by atoms with Crippen LogP contribution in [0.1, 0.15) is 41.6 Å². The van der Waals surface area contributed by atoms with Gasteiger partial charge in [-0.1, -0.05) is 0 Å². The van der Waals surface area contributed by atoms with Gasteiger partial charge in [-0.15, -0.1) is 0 Å². The van der Waals surface area contributed by atoms with Gasteiger partial charge in [0.2, 0.25) is 0 Å². The van der Waals surface area contributed by atoms with Crippen molar-refractivity contribution in [2.45, 2.75) is 33.2 Å². The van der Waals surface area contributed by atoms with Crippen LogP contribution in [0.5, 0.6) is 0 Å². The van der Waals surface area contributed by atoms with E-state index in [1.165, 1.54) is 6.33 Å². The van der Waals surface area contributed by atoms with Crippen LogP contribution in [-0.2, 0) is 6.42 Å². The van der Waals surface area contributed by atoms with Crippen LogP contribution < -0.4 is 0 Å².